The van der Waals surface area contributed by atoms with Crippen LogP contribution in [0.3, 0.4) is 0 Å². The van der Waals surface area contributed by atoms with Gasteiger partial charge in [-0.25, -0.2) is 4.79 Å². The second-order valence-corrected chi connectivity index (χ2v) is 11.0. The van der Waals surface area contributed by atoms with Crippen molar-refractivity contribution in [3.63, 3.8) is 0 Å². The third-order valence-corrected chi connectivity index (χ3v) is 5.90. The van der Waals surface area contributed by atoms with E-state index in [1.54, 1.807) is 46.8 Å². The van der Waals surface area contributed by atoms with Crippen molar-refractivity contribution >= 4 is 23.9 Å². The van der Waals surface area contributed by atoms with E-state index in [1.807, 2.05) is 32.0 Å². The lowest BCUT2D eigenvalue weighted by molar-refractivity contribution is -0.146. The van der Waals surface area contributed by atoms with Crippen LogP contribution in [0.1, 0.15) is 62.9 Å². The Labute approximate surface area is 236 Å². The summed E-state index contributed by atoms with van der Waals surface area (Å²) in [5.74, 6) is -1.66. The van der Waals surface area contributed by atoms with E-state index in [0.717, 1.165) is 11.1 Å². The summed E-state index contributed by atoms with van der Waals surface area (Å²) in [5, 5.41) is 15.0. The molecule has 10 heteroatoms. The molecule has 2 unspecified atom stereocenters. The summed E-state index contributed by atoms with van der Waals surface area (Å²) in [6.45, 7) is 12.1. The van der Waals surface area contributed by atoms with Gasteiger partial charge in [0.1, 0.15) is 30.0 Å². The minimum Gasteiger partial charge on any atom is -0.508 e. The molecule has 0 aromatic heterocycles. The van der Waals surface area contributed by atoms with Crippen LogP contribution in [0.15, 0.2) is 42.5 Å². The van der Waals surface area contributed by atoms with Crippen LogP contribution >= 0.6 is 0 Å². The molecule has 10 nitrogen and oxygen atoms in total. The molecule has 0 fully saturated rings. The molecule has 2 aromatic carbocycles. The van der Waals surface area contributed by atoms with Gasteiger partial charge in [-0.1, -0.05) is 41.5 Å². The van der Waals surface area contributed by atoms with E-state index in [1.165, 1.54) is 24.1 Å². The number of methoxy groups -OCH3 is 1. The molecule has 0 aliphatic heterocycles. The number of nitrogens with zero attached hydrogens (tertiary/aromatic N) is 1. The van der Waals surface area contributed by atoms with Gasteiger partial charge in [0.15, 0.2) is 0 Å². The fourth-order valence-corrected chi connectivity index (χ4v) is 4.31. The van der Waals surface area contributed by atoms with Crippen molar-refractivity contribution in [3.8, 4) is 5.75 Å². The van der Waals surface area contributed by atoms with E-state index in [0.29, 0.717) is 11.1 Å². The average molecular weight is 556 g/mol. The highest BCUT2D eigenvalue weighted by Crippen LogP contribution is 2.27. The maximum atomic E-state index is 14.3. The summed E-state index contributed by atoms with van der Waals surface area (Å²) in [6.07, 6.45) is -0.711. The molecular weight excluding hydrogens is 514 g/mol. The van der Waals surface area contributed by atoms with Gasteiger partial charge in [-0.05, 0) is 71.7 Å². The predicted molar refractivity (Wildman–Crippen MR) is 151 cm³/mol. The fraction of sp³-hybridized carbons (Fsp3) is 0.467. The Bertz CT molecular complexity index is 1180. The van der Waals surface area contributed by atoms with Gasteiger partial charge in [-0.3, -0.25) is 14.4 Å². The largest absolute Gasteiger partial charge is 0.508 e. The van der Waals surface area contributed by atoms with Gasteiger partial charge in [-0.15, -0.1) is 0 Å². The lowest BCUT2D eigenvalue weighted by Crippen LogP contribution is -2.56. The maximum Gasteiger partial charge on any atom is 0.408 e. The summed E-state index contributed by atoms with van der Waals surface area (Å²) in [4.78, 5) is 53.9. The first kappa shape index (κ1) is 32.1. The van der Waals surface area contributed by atoms with Gasteiger partial charge in [0.25, 0.3) is 0 Å². The number of nitrogens with one attached hydrogen (secondary N) is 2. The van der Waals surface area contributed by atoms with Gasteiger partial charge < -0.3 is 30.1 Å². The summed E-state index contributed by atoms with van der Waals surface area (Å²) in [6, 6.07) is 9.15. The molecule has 0 saturated carbocycles. The molecule has 0 heterocycles. The van der Waals surface area contributed by atoms with Crippen LogP contribution in [0.4, 0.5) is 4.79 Å². The van der Waals surface area contributed by atoms with E-state index in [-0.39, 0.29) is 18.7 Å². The predicted octanol–water partition coefficient (Wildman–Crippen LogP) is 3.71. The summed E-state index contributed by atoms with van der Waals surface area (Å²) >= 11 is 0. The van der Waals surface area contributed by atoms with Gasteiger partial charge in [-0.2, -0.15) is 0 Å². The van der Waals surface area contributed by atoms with E-state index in [2.05, 4.69) is 15.4 Å². The van der Waals surface area contributed by atoms with Crippen molar-refractivity contribution in [1.82, 2.24) is 15.5 Å². The number of aromatic hydroxyl groups is 1. The van der Waals surface area contributed by atoms with Gasteiger partial charge in [0, 0.05) is 12.5 Å². The normalized spacial score (nSPS) is 12.7. The summed E-state index contributed by atoms with van der Waals surface area (Å²) in [7, 11) is 1.22. The highest BCUT2D eigenvalue weighted by molar-refractivity contribution is 5.93. The Morgan fingerprint density at radius 1 is 0.975 bits per heavy atom. The van der Waals surface area contributed by atoms with Crippen LogP contribution in [-0.2, 0) is 30.3 Å². The Morgan fingerprint density at radius 2 is 1.55 bits per heavy atom. The molecular formula is C30H41N3O7. The Morgan fingerprint density at radius 3 is 2.05 bits per heavy atom. The van der Waals surface area contributed by atoms with Crippen LogP contribution in [-0.4, -0.2) is 65.2 Å². The Hall–Kier alpha value is -4.08. The highest BCUT2D eigenvalue weighted by atomic mass is 16.6. The first-order chi connectivity index (χ1) is 18.6. The SMILES string of the molecule is COC(=O)CNC(=O)C(c1cc(C)cc(C)c1)N(C(=O)C(Cc1ccc(O)cc1)NC(=O)OC(C)(C)C)C(C)C. The molecule has 0 saturated heterocycles. The molecule has 0 aliphatic rings. The molecule has 0 spiro atoms. The molecule has 2 rings (SSSR count). The zero-order valence-electron chi connectivity index (χ0n) is 24.5. The zero-order valence-corrected chi connectivity index (χ0v) is 24.5. The number of amides is 3. The number of hydrogen-bond acceptors (Lipinski definition) is 7. The summed E-state index contributed by atoms with van der Waals surface area (Å²) in [5.41, 5.74) is 2.22. The average Bonchev–Trinajstić information content (AvgIpc) is 2.84. The number of phenolic OH excluding ortho intramolecular Hbond substituents is 1. The van der Waals surface area contributed by atoms with Crippen molar-refractivity contribution < 1.29 is 33.8 Å². The Kier molecular flexibility index (Phi) is 11.1. The minimum atomic E-state index is -1.11. The lowest BCUT2D eigenvalue weighted by atomic mass is 9.96. The smallest absolute Gasteiger partial charge is 0.408 e. The van der Waals surface area contributed by atoms with Crippen LogP contribution in [0.5, 0.6) is 5.75 Å². The molecule has 40 heavy (non-hydrogen) atoms. The number of aryl methyl sites for hydroxylation is 2. The molecule has 0 aliphatic carbocycles. The quantitative estimate of drug-likeness (QED) is 0.381. The summed E-state index contributed by atoms with van der Waals surface area (Å²) < 4.78 is 10.1. The number of carbonyl (C=O) groups is 4. The van der Waals surface area contributed by atoms with Crippen LogP contribution in [0, 0.1) is 13.8 Å². The third kappa shape index (κ3) is 9.59. The van der Waals surface area contributed by atoms with Crippen LogP contribution in [0.25, 0.3) is 0 Å². The number of rotatable bonds is 10. The van der Waals surface area contributed by atoms with Crippen molar-refractivity contribution in [2.75, 3.05) is 13.7 Å². The van der Waals surface area contributed by atoms with E-state index >= 15 is 0 Å². The monoisotopic (exact) mass is 555 g/mol. The topological polar surface area (TPSA) is 134 Å². The minimum absolute atomic E-state index is 0.0627. The molecule has 2 aromatic rings. The van der Waals surface area contributed by atoms with E-state index in [4.69, 9.17) is 4.74 Å². The fourth-order valence-electron chi connectivity index (χ4n) is 4.31. The number of benzene rings is 2. The lowest BCUT2D eigenvalue weighted by Gasteiger charge is -2.37. The maximum absolute atomic E-state index is 14.3. The number of carbonyl (C=O) groups excluding carboxylic acids is 4. The molecule has 3 amide bonds. The van der Waals surface area contributed by atoms with Crippen LogP contribution < -0.4 is 10.6 Å². The van der Waals surface area contributed by atoms with Crippen molar-refractivity contribution in [3.05, 3.63) is 64.7 Å². The Balaban J connectivity index is 2.58. The molecule has 0 bridgehead atoms. The zero-order chi connectivity index (χ0) is 30.2. The first-order valence-electron chi connectivity index (χ1n) is 13.1. The van der Waals surface area contributed by atoms with Gasteiger partial charge in [0.2, 0.25) is 11.8 Å². The molecule has 2 atom stereocenters. The number of ether oxygens (including phenoxy) is 2. The standard InChI is InChI=1S/C30H41N3O7/c1-18(2)33(26(27(36)31-17-25(35)39-8)22-14-19(3)13-20(4)15-22)28(37)24(32-29(38)40-30(5,6)7)16-21-9-11-23(34)12-10-21/h9-15,18,24,26,34H,16-17H2,1-8H3,(H,31,36)(H,32,38). The van der Waals surface area contributed by atoms with Crippen molar-refractivity contribution in [2.24, 2.45) is 0 Å². The molecule has 3 N–H and O–H groups in total. The first-order valence-corrected chi connectivity index (χ1v) is 13.1. The highest BCUT2D eigenvalue weighted by Gasteiger charge is 2.38. The van der Waals surface area contributed by atoms with Gasteiger partial charge in [0.05, 0.1) is 7.11 Å². The second-order valence-electron chi connectivity index (χ2n) is 11.0. The van der Waals surface area contributed by atoms with Crippen molar-refractivity contribution in [2.45, 2.75) is 78.6 Å². The number of alkyl carbamates (subject to hydrolysis) is 1. The number of hydrogen-bond donors (Lipinski definition) is 3. The van der Waals surface area contributed by atoms with E-state index < -0.39 is 47.6 Å². The molecule has 0 radical (unpaired) electrons. The third-order valence-electron chi connectivity index (χ3n) is 5.90. The number of phenols is 1. The second kappa shape index (κ2) is 13.8. The van der Waals surface area contributed by atoms with Crippen LogP contribution in [0.2, 0.25) is 0 Å². The number of esters is 1. The molecule has 218 valence electrons. The van der Waals surface area contributed by atoms with Gasteiger partial charge >= 0.3 is 12.1 Å². The van der Waals surface area contributed by atoms with E-state index in [9.17, 15) is 24.3 Å². The van der Waals surface area contributed by atoms with Crippen molar-refractivity contribution in [1.29, 1.82) is 0 Å².